The first-order chi connectivity index (χ1) is 9.15. The van der Waals surface area contributed by atoms with E-state index in [0.29, 0.717) is 11.6 Å². The summed E-state index contributed by atoms with van der Waals surface area (Å²) >= 11 is 5.78. The Kier molecular flexibility index (Phi) is 7.23. The van der Waals surface area contributed by atoms with Crippen molar-refractivity contribution in [3.63, 3.8) is 0 Å². The summed E-state index contributed by atoms with van der Waals surface area (Å²) in [5.41, 5.74) is 0.921. The summed E-state index contributed by atoms with van der Waals surface area (Å²) in [6, 6.07) is 7.27. The number of benzene rings is 1. The molecule has 1 aromatic rings. The van der Waals surface area contributed by atoms with Crippen LogP contribution in [0.25, 0.3) is 6.08 Å². The van der Waals surface area contributed by atoms with Crippen LogP contribution < -0.4 is 0 Å². The quantitative estimate of drug-likeness (QED) is 0.568. The molecule has 0 aliphatic carbocycles. The summed E-state index contributed by atoms with van der Waals surface area (Å²) in [6.45, 7) is 7.31. The lowest BCUT2D eigenvalue weighted by atomic mass is 10.2. The number of hydrogen-bond acceptors (Lipinski definition) is 3. The molecule has 4 heteroatoms. The Balaban J connectivity index is 2.32. The van der Waals surface area contributed by atoms with E-state index in [4.69, 9.17) is 16.3 Å². The van der Waals surface area contributed by atoms with Crippen LogP contribution in [0.3, 0.4) is 0 Å². The van der Waals surface area contributed by atoms with Crippen LogP contribution >= 0.6 is 11.6 Å². The molecular weight excluding hydrogens is 262 g/mol. The Morgan fingerprint density at radius 3 is 2.47 bits per heavy atom. The largest absolute Gasteiger partial charge is 0.461 e. The van der Waals surface area contributed by atoms with Crippen molar-refractivity contribution in [1.29, 1.82) is 0 Å². The van der Waals surface area contributed by atoms with Gasteiger partial charge in [-0.05, 0) is 36.9 Å². The van der Waals surface area contributed by atoms with Gasteiger partial charge in [0.15, 0.2) is 0 Å². The fourth-order valence-electron chi connectivity index (χ4n) is 1.60. The predicted octanol–water partition coefficient (Wildman–Crippen LogP) is 3.24. The van der Waals surface area contributed by atoms with Gasteiger partial charge in [0, 0.05) is 17.6 Å². The van der Waals surface area contributed by atoms with Crippen LogP contribution in [-0.4, -0.2) is 37.1 Å². The molecule has 0 spiro atoms. The van der Waals surface area contributed by atoms with Gasteiger partial charge in [-0.3, -0.25) is 0 Å². The van der Waals surface area contributed by atoms with E-state index in [2.05, 4.69) is 18.7 Å². The first-order valence-electron chi connectivity index (χ1n) is 6.48. The van der Waals surface area contributed by atoms with Crippen molar-refractivity contribution < 1.29 is 9.53 Å². The van der Waals surface area contributed by atoms with Crippen molar-refractivity contribution >= 4 is 23.6 Å². The number of likely N-dealkylation sites (N-methyl/N-ethyl adjacent to an activating group) is 1. The molecule has 0 heterocycles. The minimum atomic E-state index is -0.317. The van der Waals surface area contributed by atoms with Crippen LogP contribution in [0.1, 0.15) is 19.4 Å². The van der Waals surface area contributed by atoms with Gasteiger partial charge in [0.2, 0.25) is 0 Å². The number of ether oxygens (including phenoxy) is 1. The SMILES string of the molecule is CCN(CC)CCOC(=O)/C=C\c1ccc(Cl)cc1. The highest BCUT2D eigenvalue weighted by atomic mass is 35.5. The highest BCUT2D eigenvalue weighted by molar-refractivity contribution is 6.30. The number of carbonyl (C=O) groups excluding carboxylic acids is 1. The molecule has 0 fully saturated rings. The highest BCUT2D eigenvalue weighted by Gasteiger charge is 2.01. The van der Waals surface area contributed by atoms with Gasteiger partial charge >= 0.3 is 5.97 Å². The van der Waals surface area contributed by atoms with Crippen LogP contribution in [0.5, 0.6) is 0 Å². The summed E-state index contributed by atoms with van der Waals surface area (Å²) in [7, 11) is 0. The standard InChI is InChI=1S/C15H20ClNO2/c1-3-17(4-2)11-12-19-15(18)10-7-13-5-8-14(16)9-6-13/h5-10H,3-4,11-12H2,1-2H3/b10-7-. The molecule has 0 N–H and O–H groups in total. The lowest BCUT2D eigenvalue weighted by Gasteiger charge is -2.16. The second kappa shape index (κ2) is 8.73. The van der Waals surface area contributed by atoms with Crippen LogP contribution in [0.4, 0.5) is 0 Å². The summed E-state index contributed by atoms with van der Waals surface area (Å²) in [5, 5.41) is 0.680. The van der Waals surface area contributed by atoms with Crippen molar-refractivity contribution in [2.24, 2.45) is 0 Å². The minimum absolute atomic E-state index is 0.317. The fraction of sp³-hybridized carbons (Fsp3) is 0.400. The number of nitrogens with zero attached hydrogens (tertiary/aromatic N) is 1. The zero-order valence-corrected chi connectivity index (χ0v) is 12.2. The normalized spacial score (nSPS) is 11.2. The van der Waals surface area contributed by atoms with E-state index in [1.807, 2.05) is 12.1 Å². The van der Waals surface area contributed by atoms with Crippen molar-refractivity contribution in [2.45, 2.75) is 13.8 Å². The zero-order valence-electron chi connectivity index (χ0n) is 11.4. The van der Waals surface area contributed by atoms with Gasteiger partial charge < -0.3 is 9.64 Å². The van der Waals surface area contributed by atoms with E-state index in [1.54, 1.807) is 18.2 Å². The first-order valence-corrected chi connectivity index (χ1v) is 6.86. The van der Waals surface area contributed by atoms with Gasteiger partial charge in [0.25, 0.3) is 0 Å². The van der Waals surface area contributed by atoms with E-state index in [1.165, 1.54) is 6.08 Å². The van der Waals surface area contributed by atoms with Crippen molar-refractivity contribution in [1.82, 2.24) is 4.90 Å². The molecule has 0 saturated carbocycles. The second-order valence-electron chi connectivity index (χ2n) is 4.08. The second-order valence-corrected chi connectivity index (χ2v) is 4.52. The summed E-state index contributed by atoms with van der Waals surface area (Å²) < 4.78 is 5.13. The maximum absolute atomic E-state index is 11.5. The number of rotatable bonds is 7. The molecule has 0 aliphatic heterocycles. The molecule has 0 saturated heterocycles. The van der Waals surface area contributed by atoms with Gasteiger partial charge in [-0.1, -0.05) is 37.6 Å². The average molecular weight is 282 g/mol. The molecule has 104 valence electrons. The third-order valence-corrected chi connectivity index (χ3v) is 3.08. The van der Waals surface area contributed by atoms with Crippen molar-refractivity contribution in [2.75, 3.05) is 26.2 Å². The topological polar surface area (TPSA) is 29.5 Å². The fourth-order valence-corrected chi connectivity index (χ4v) is 1.73. The number of esters is 1. The molecule has 0 atom stereocenters. The smallest absolute Gasteiger partial charge is 0.330 e. The third-order valence-electron chi connectivity index (χ3n) is 2.83. The molecule has 0 aliphatic rings. The molecule has 0 aromatic heterocycles. The van der Waals surface area contributed by atoms with E-state index in [0.717, 1.165) is 25.2 Å². The van der Waals surface area contributed by atoms with Crippen LogP contribution in [-0.2, 0) is 9.53 Å². The molecule has 0 amide bonds. The Hall–Kier alpha value is -1.32. The average Bonchev–Trinajstić information content (AvgIpc) is 2.43. The molecule has 1 aromatic carbocycles. The number of hydrogen-bond donors (Lipinski definition) is 0. The van der Waals surface area contributed by atoms with Crippen LogP contribution in [0, 0.1) is 0 Å². The van der Waals surface area contributed by atoms with Crippen molar-refractivity contribution in [3.8, 4) is 0 Å². The van der Waals surface area contributed by atoms with Gasteiger partial charge in [-0.2, -0.15) is 0 Å². The molecule has 19 heavy (non-hydrogen) atoms. The lowest BCUT2D eigenvalue weighted by Crippen LogP contribution is -2.27. The molecule has 0 bridgehead atoms. The summed E-state index contributed by atoms with van der Waals surface area (Å²) in [5.74, 6) is -0.317. The monoisotopic (exact) mass is 281 g/mol. The Bertz CT molecular complexity index is 411. The van der Waals surface area contributed by atoms with Gasteiger partial charge in [-0.15, -0.1) is 0 Å². The van der Waals surface area contributed by atoms with E-state index in [9.17, 15) is 4.79 Å². The minimum Gasteiger partial charge on any atom is -0.461 e. The van der Waals surface area contributed by atoms with Crippen LogP contribution in [0.2, 0.25) is 5.02 Å². The van der Waals surface area contributed by atoms with Gasteiger partial charge in [0.1, 0.15) is 6.61 Å². The molecular formula is C15H20ClNO2. The Morgan fingerprint density at radius 1 is 1.26 bits per heavy atom. The predicted molar refractivity (Wildman–Crippen MR) is 79.2 cm³/mol. The Morgan fingerprint density at radius 2 is 1.89 bits per heavy atom. The Labute approximate surface area is 119 Å². The summed E-state index contributed by atoms with van der Waals surface area (Å²) in [4.78, 5) is 13.7. The molecule has 0 unspecified atom stereocenters. The number of carbonyl (C=O) groups is 1. The molecule has 1 rings (SSSR count). The van der Waals surface area contributed by atoms with E-state index in [-0.39, 0.29) is 5.97 Å². The number of halogens is 1. The van der Waals surface area contributed by atoms with Crippen molar-refractivity contribution in [3.05, 3.63) is 40.9 Å². The van der Waals surface area contributed by atoms with E-state index >= 15 is 0 Å². The van der Waals surface area contributed by atoms with E-state index < -0.39 is 0 Å². The van der Waals surface area contributed by atoms with Gasteiger partial charge in [-0.25, -0.2) is 4.79 Å². The highest BCUT2D eigenvalue weighted by Crippen LogP contribution is 2.10. The van der Waals surface area contributed by atoms with Gasteiger partial charge in [0.05, 0.1) is 0 Å². The first kappa shape index (κ1) is 15.7. The maximum atomic E-state index is 11.5. The summed E-state index contributed by atoms with van der Waals surface area (Å²) in [6.07, 6.45) is 3.15. The zero-order chi connectivity index (χ0) is 14.1. The molecule has 3 nitrogen and oxygen atoms in total. The van der Waals surface area contributed by atoms with Crippen LogP contribution in [0.15, 0.2) is 30.3 Å². The third kappa shape index (κ3) is 6.41. The molecule has 0 radical (unpaired) electrons. The maximum Gasteiger partial charge on any atom is 0.330 e. The lowest BCUT2D eigenvalue weighted by molar-refractivity contribution is -0.138.